The van der Waals surface area contributed by atoms with Crippen LogP contribution in [0.3, 0.4) is 0 Å². The van der Waals surface area contributed by atoms with Crippen molar-refractivity contribution in [2.45, 2.75) is 19.4 Å². The number of fused-ring (bicyclic) bond motifs is 2. The van der Waals surface area contributed by atoms with E-state index in [4.69, 9.17) is 0 Å². The van der Waals surface area contributed by atoms with Crippen LogP contribution in [0.1, 0.15) is 16.7 Å². The fourth-order valence-electron chi connectivity index (χ4n) is 3.35. The van der Waals surface area contributed by atoms with Gasteiger partial charge in [-0.1, -0.05) is 30.3 Å². The normalized spacial score (nSPS) is 17.2. The third-order valence-corrected chi connectivity index (χ3v) is 4.29. The van der Waals surface area contributed by atoms with Gasteiger partial charge in [0, 0.05) is 24.5 Å². The van der Waals surface area contributed by atoms with Crippen molar-refractivity contribution in [3.8, 4) is 0 Å². The van der Waals surface area contributed by atoms with Gasteiger partial charge in [-0.15, -0.1) is 0 Å². The lowest BCUT2D eigenvalue weighted by Crippen LogP contribution is -2.26. The van der Waals surface area contributed by atoms with Crippen molar-refractivity contribution in [1.82, 2.24) is 5.32 Å². The van der Waals surface area contributed by atoms with Crippen molar-refractivity contribution in [2.24, 2.45) is 0 Å². The van der Waals surface area contributed by atoms with Gasteiger partial charge in [0.2, 0.25) is 0 Å². The first-order valence-electron chi connectivity index (χ1n) is 7.10. The lowest BCUT2D eigenvalue weighted by Gasteiger charge is -2.27. The average Bonchev–Trinajstić information content (AvgIpc) is 2.90. The Morgan fingerprint density at radius 1 is 0.842 bits per heavy atom. The average molecular weight is 250 g/mol. The van der Waals surface area contributed by atoms with Gasteiger partial charge in [-0.05, 0) is 48.2 Å². The van der Waals surface area contributed by atoms with Crippen molar-refractivity contribution in [3.63, 3.8) is 0 Å². The Bertz CT molecular complexity index is 618. The molecule has 0 aliphatic carbocycles. The summed E-state index contributed by atoms with van der Waals surface area (Å²) in [6.07, 6.45) is 2.31. The van der Waals surface area contributed by atoms with E-state index in [2.05, 4.69) is 52.7 Å². The maximum Gasteiger partial charge on any atom is 0.0447 e. The Kier molecular flexibility index (Phi) is 2.56. The van der Waals surface area contributed by atoms with Crippen LogP contribution in [0.2, 0.25) is 0 Å². The van der Waals surface area contributed by atoms with E-state index >= 15 is 0 Å². The van der Waals surface area contributed by atoms with Crippen molar-refractivity contribution in [3.05, 3.63) is 59.2 Å². The minimum absolute atomic E-state index is 1.01. The molecule has 0 atom stereocenters. The Labute approximate surface area is 114 Å². The highest BCUT2D eigenvalue weighted by atomic mass is 15.2. The van der Waals surface area contributed by atoms with Gasteiger partial charge in [0.15, 0.2) is 0 Å². The van der Waals surface area contributed by atoms with Gasteiger partial charge < -0.3 is 10.2 Å². The highest BCUT2D eigenvalue weighted by molar-refractivity contribution is 5.73. The van der Waals surface area contributed by atoms with Crippen LogP contribution in [0, 0.1) is 0 Å². The van der Waals surface area contributed by atoms with Crippen LogP contribution in [0.25, 0.3) is 0 Å². The largest absolute Gasteiger partial charge is 0.341 e. The smallest absolute Gasteiger partial charge is 0.0447 e. The van der Waals surface area contributed by atoms with Crippen LogP contribution in [-0.2, 0) is 19.4 Å². The summed E-state index contributed by atoms with van der Waals surface area (Å²) in [5, 5.41) is 3.46. The fraction of sp³-hybridized carbons (Fsp3) is 0.294. The molecule has 2 aromatic carbocycles. The Morgan fingerprint density at radius 3 is 2.68 bits per heavy atom. The molecule has 0 spiro atoms. The lowest BCUT2D eigenvalue weighted by atomic mass is 9.98. The second kappa shape index (κ2) is 4.39. The van der Waals surface area contributed by atoms with Crippen molar-refractivity contribution in [1.29, 1.82) is 0 Å². The summed E-state index contributed by atoms with van der Waals surface area (Å²) in [5.41, 5.74) is 7.30. The second-order valence-corrected chi connectivity index (χ2v) is 5.37. The highest BCUT2D eigenvalue weighted by Gasteiger charge is 2.23. The predicted molar refractivity (Wildman–Crippen MR) is 79.0 cm³/mol. The number of benzene rings is 2. The van der Waals surface area contributed by atoms with E-state index in [0.29, 0.717) is 0 Å². The van der Waals surface area contributed by atoms with Gasteiger partial charge >= 0.3 is 0 Å². The maximum atomic E-state index is 3.46. The summed E-state index contributed by atoms with van der Waals surface area (Å²) in [6, 6.07) is 15.5. The number of hydrogen-bond donors (Lipinski definition) is 1. The maximum absolute atomic E-state index is 3.46. The van der Waals surface area contributed by atoms with E-state index in [0.717, 1.165) is 32.5 Å². The van der Waals surface area contributed by atoms with Crippen LogP contribution >= 0.6 is 0 Å². The predicted octanol–water partition coefficient (Wildman–Crippen LogP) is 3.03. The zero-order chi connectivity index (χ0) is 12.7. The first kappa shape index (κ1) is 11.1. The minimum Gasteiger partial charge on any atom is -0.341 e. The van der Waals surface area contributed by atoms with Gasteiger partial charge in [-0.3, -0.25) is 0 Å². The molecule has 1 N–H and O–H groups in total. The number of rotatable bonds is 1. The molecule has 0 saturated carbocycles. The Balaban J connectivity index is 1.82. The minimum atomic E-state index is 1.01. The van der Waals surface area contributed by atoms with Crippen LogP contribution in [-0.4, -0.2) is 13.1 Å². The summed E-state index contributed by atoms with van der Waals surface area (Å²) >= 11 is 0. The first-order chi connectivity index (χ1) is 9.43. The van der Waals surface area contributed by atoms with Crippen molar-refractivity contribution < 1.29 is 0 Å². The summed E-state index contributed by atoms with van der Waals surface area (Å²) in [7, 11) is 0. The van der Waals surface area contributed by atoms with Gasteiger partial charge in [0.25, 0.3) is 0 Å². The molecule has 0 aromatic heterocycles. The lowest BCUT2D eigenvalue weighted by molar-refractivity contribution is 0.643. The zero-order valence-corrected chi connectivity index (χ0v) is 11.0. The van der Waals surface area contributed by atoms with Crippen molar-refractivity contribution in [2.75, 3.05) is 18.0 Å². The van der Waals surface area contributed by atoms with E-state index in [1.165, 1.54) is 28.1 Å². The Hall–Kier alpha value is -1.80. The van der Waals surface area contributed by atoms with Gasteiger partial charge in [0.1, 0.15) is 0 Å². The molecule has 4 rings (SSSR count). The standard InChI is InChI=1S/C17H18N2/c1-2-6-16-13(4-1)9-11-19(16)17-7-3-5-14-12-18-10-8-15(14)17/h1-7,18H,8-12H2. The molecule has 96 valence electrons. The monoisotopic (exact) mass is 250 g/mol. The number of nitrogens with zero attached hydrogens (tertiary/aromatic N) is 1. The molecule has 2 aromatic rings. The molecule has 0 unspecified atom stereocenters. The molecule has 0 fully saturated rings. The molecular weight excluding hydrogens is 232 g/mol. The molecule has 2 heterocycles. The molecule has 0 radical (unpaired) electrons. The van der Waals surface area contributed by atoms with Crippen LogP contribution in [0.15, 0.2) is 42.5 Å². The number of nitrogens with one attached hydrogen (secondary N) is 1. The topological polar surface area (TPSA) is 15.3 Å². The molecule has 0 saturated heterocycles. The molecular formula is C17H18N2. The summed E-state index contributed by atoms with van der Waals surface area (Å²) in [5.74, 6) is 0. The molecule has 2 aliphatic rings. The SMILES string of the molecule is c1ccc2c(c1)CCN2c1cccc2c1CCNC2. The third kappa shape index (κ3) is 1.75. The van der Waals surface area contributed by atoms with Crippen LogP contribution < -0.4 is 10.2 Å². The van der Waals surface area contributed by atoms with Gasteiger partial charge in [-0.2, -0.15) is 0 Å². The summed E-state index contributed by atoms with van der Waals surface area (Å²) < 4.78 is 0. The summed E-state index contributed by atoms with van der Waals surface area (Å²) in [6.45, 7) is 3.22. The fourth-order valence-corrected chi connectivity index (χ4v) is 3.35. The van der Waals surface area contributed by atoms with Crippen LogP contribution in [0.5, 0.6) is 0 Å². The molecule has 2 heteroatoms. The van der Waals surface area contributed by atoms with E-state index < -0.39 is 0 Å². The van der Waals surface area contributed by atoms with Gasteiger partial charge in [-0.25, -0.2) is 0 Å². The zero-order valence-electron chi connectivity index (χ0n) is 11.0. The number of hydrogen-bond acceptors (Lipinski definition) is 2. The highest BCUT2D eigenvalue weighted by Crippen LogP contribution is 2.37. The number of anilines is 2. The first-order valence-corrected chi connectivity index (χ1v) is 7.10. The van der Waals surface area contributed by atoms with E-state index in [1.807, 2.05) is 0 Å². The van der Waals surface area contributed by atoms with E-state index in [-0.39, 0.29) is 0 Å². The van der Waals surface area contributed by atoms with Crippen LogP contribution in [0.4, 0.5) is 11.4 Å². The molecule has 2 aliphatic heterocycles. The van der Waals surface area contributed by atoms with Gasteiger partial charge in [0.05, 0.1) is 0 Å². The molecule has 2 nitrogen and oxygen atoms in total. The molecule has 0 amide bonds. The number of para-hydroxylation sites is 1. The molecule has 19 heavy (non-hydrogen) atoms. The molecule has 0 bridgehead atoms. The third-order valence-electron chi connectivity index (χ3n) is 4.29. The summed E-state index contributed by atoms with van der Waals surface area (Å²) in [4.78, 5) is 2.50. The Morgan fingerprint density at radius 2 is 1.68 bits per heavy atom. The van der Waals surface area contributed by atoms with Crippen molar-refractivity contribution >= 4 is 11.4 Å². The van der Waals surface area contributed by atoms with E-state index in [9.17, 15) is 0 Å². The quantitative estimate of drug-likeness (QED) is 0.837. The van der Waals surface area contributed by atoms with E-state index in [1.54, 1.807) is 0 Å². The second-order valence-electron chi connectivity index (χ2n) is 5.37.